The SMILES string of the molecule is Oc1cc(OCc2ccc(Cl)cc2)ccc1-c1n[nH]c(C(F)(F)F)c1-c1ccccc1Cl. The molecule has 4 nitrogen and oxygen atoms in total. The van der Waals surface area contributed by atoms with E-state index >= 15 is 0 Å². The van der Waals surface area contributed by atoms with E-state index in [1.165, 1.54) is 24.3 Å². The second-order valence-corrected chi connectivity index (χ2v) is 7.74. The quantitative estimate of drug-likeness (QED) is 0.315. The van der Waals surface area contributed by atoms with Crippen molar-refractivity contribution in [2.45, 2.75) is 12.8 Å². The minimum Gasteiger partial charge on any atom is -0.507 e. The number of halogens is 5. The van der Waals surface area contributed by atoms with Crippen molar-refractivity contribution in [3.05, 3.63) is 88.0 Å². The number of hydrogen-bond acceptors (Lipinski definition) is 3. The lowest BCUT2D eigenvalue weighted by molar-refractivity contribution is -0.140. The Morgan fingerprint density at radius 1 is 0.938 bits per heavy atom. The molecule has 0 amide bonds. The van der Waals surface area contributed by atoms with Crippen LogP contribution in [-0.4, -0.2) is 15.3 Å². The number of phenols is 1. The van der Waals surface area contributed by atoms with Gasteiger partial charge >= 0.3 is 6.18 Å². The van der Waals surface area contributed by atoms with E-state index < -0.39 is 11.9 Å². The molecule has 4 rings (SSSR count). The maximum absolute atomic E-state index is 13.6. The molecule has 0 unspecified atom stereocenters. The highest BCUT2D eigenvalue weighted by atomic mass is 35.5. The number of alkyl halides is 3. The number of phenolic OH excluding ortho intramolecular Hbond substituents is 1. The summed E-state index contributed by atoms with van der Waals surface area (Å²) in [4.78, 5) is 0. The van der Waals surface area contributed by atoms with E-state index in [1.54, 1.807) is 42.5 Å². The van der Waals surface area contributed by atoms with Crippen molar-refractivity contribution in [1.29, 1.82) is 0 Å². The molecule has 0 atom stereocenters. The molecule has 0 bridgehead atoms. The number of ether oxygens (including phenoxy) is 1. The van der Waals surface area contributed by atoms with Crippen molar-refractivity contribution in [2.24, 2.45) is 0 Å². The van der Waals surface area contributed by atoms with Crippen molar-refractivity contribution in [1.82, 2.24) is 10.2 Å². The number of aromatic amines is 1. The normalized spacial score (nSPS) is 11.5. The predicted octanol–water partition coefficient (Wildman–Crippen LogP) is 7.35. The fourth-order valence-electron chi connectivity index (χ4n) is 3.22. The Morgan fingerprint density at radius 3 is 2.31 bits per heavy atom. The zero-order chi connectivity index (χ0) is 22.9. The number of aromatic nitrogens is 2. The first kappa shape index (κ1) is 22.0. The number of hydrogen-bond donors (Lipinski definition) is 2. The molecular formula is C23H15Cl2F3N2O2. The Hall–Kier alpha value is -3.16. The molecule has 1 aromatic heterocycles. The van der Waals surface area contributed by atoms with E-state index in [1.807, 2.05) is 5.10 Å². The van der Waals surface area contributed by atoms with Gasteiger partial charge in [0.2, 0.25) is 0 Å². The van der Waals surface area contributed by atoms with Crippen LogP contribution in [0.3, 0.4) is 0 Å². The van der Waals surface area contributed by atoms with E-state index in [9.17, 15) is 18.3 Å². The second-order valence-electron chi connectivity index (χ2n) is 6.89. The Labute approximate surface area is 191 Å². The summed E-state index contributed by atoms with van der Waals surface area (Å²) in [6, 6.07) is 17.5. The van der Waals surface area contributed by atoms with Crippen molar-refractivity contribution in [2.75, 3.05) is 0 Å². The van der Waals surface area contributed by atoms with Gasteiger partial charge in [0, 0.05) is 32.8 Å². The fourth-order valence-corrected chi connectivity index (χ4v) is 3.57. The smallest absolute Gasteiger partial charge is 0.433 e. The van der Waals surface area contributed by atoms with E-state index in [0.717, 1.165) is 5.56 Å². The molecule has 0 aliphatic rings. The van der Waals surface area contributed by atoms with Crippen molar-refractivity contribution in [3.63, 3.8) is 0 Å². The first-order chi connectivity index (χ1) is 15.2. The van der Waals surface area contributed by atoms with Crippen LogP contribution in [0.25, 0.3) is 22.4 Å². The van der Waals surface area contributed by atoms with Crippen LogP contribution in [-0.2, 0) is 12.8 Å². The van der Waals surface area contributed by atoms with Gasteiger partial charge in [-0.1, -0.05) is 53.5 Å². The molecule has 32 heavy (non-hydrogen) atoms. The number of nitrogens with zero attached hydrogens (tertiary/aromatic N) is 1. The molecule has 2 N–H and O–H groups in total. The zero-order valence-electron chi connectivity index (χ0n) is 16.3. The summed E-state index contributed by atoms with van der Waals surface area (Å²) in [7, 11) is 0. The van der Waals surface area contributed by atoms with Crippen LogP contribution in [0.1, 0.15) is 11.3 Å². The molecule has 4 aromatic rings. The zero-order valence-corrected chi connectivity index (χ0v) is 17.8. The molecule has 0 aliphatic heterocycles. The minimum atomic E-state index is -4.70. The third-order valence-electron chi connectivity index (χ3n) is 4.74. The van der Waals surface area contributed by atoms with Gasteiger partial charge in [0.05, 0.1) is 0 Å². The van der Waals surface area contributed by atoms with Gasteiger partial charge in [0.1, 0.15) is 29.5 Å². The predicted molar refractivity (Wildman–Crippen MR) is 117 cm³/mol. The average molecular weight is 479 g/mol. The maximum atomic E-state index is 13.6. The van der Waals surface area contributed by atoms with Crippen LogP contribution in [0.5, 0.6) is 11.5 Å². The summed E-state index contributed by atoms with van der Waals surface area (Å²) in [5, 5.41) is 17.2. The monoisotopic (exact) mass is 478 g/mol. The standard InChI is InChI=1S/C23H15Cl2F3N2O2/c24-14-7-5-13(6-8-14)12-32-15-9-10-17(19(31)11-15)21-20(16-3-1-2-4-18(16)25)22(30-29-21)23(26,27)28/h1-11,31H,12H2,(H,29,30). The topological polar surface area (TPSA) is 58.1 Å². The van der Waals surface area contributed by atoms with E-state index in [2.05, 4.69) is 5.10 Å². The van der Waals surface area contributed by atoms with Crippen LogP contribution in [0, 0.1) is 0 Å². The van der Waals surface area contributed by atoms with Crippen LogP contribution in [0.2, 0.25) is 10.0 Å². The molecule has 0 saturated carbocycles. The number of nitrogens with one attached hydrogen (secondary N) is 1. The number of rotatable bonds is 5. The van der Waals surface area contributed by atoms with Gasteiger partial charge in [-0.25, -0.2) is 0 Å². The molecule has 0 fully saturated rings. The number of H-pyrrole nitrogens is 1. The van der Waals surface area contributed by atoms with E-state index in [4.69, 9.17) is 27.9 Å². The van der Waals surface area contributed by atoms with Gasteiger partial charge in [-0.05, 0) is 35.9 Å². The molecule has 3 aromatic carbocycles. The van der Waals surface area contributed by atoms with Crippen LogP contribution < -0.4 is 4.74 Å². The highest BCUT2D eigenvalue weighted by molar-refractivity contribution is 6.33. The van der Waals surface area contributed by atoms with Crippen molar-refractivity contribution < 1.29 is 23.0 Å². The fraction of sp³-hybridized carbons (Fsp3) is 0.0870. The Balaban J connectivity index is 1.70. The minimum absolute atomic E-state index is 0.0767. The number of benzene rings is 3. The molecule has 164 valence electrons. The molecule has 1 heterocycles. The number of aromatic hydroxyl groups is 1. The third kappa shape index (κ3) is 4.54. The van der Waals surface area contributed by atoms with Crippen molar-refractivity contribution in [3.8, 4) is 33.9 Å². The summed E-state index contributed by atoms with van der Waals surface area (Å²) in [5.41, 5.74) is -0.261. The molecule has 0 aliphatic carbocycles. The van der Waals surface area contributed by atoms with Gasteiger partial charge in [-0.15, -0.1) is 0 Å². The third-order valence-corrected chi connectivity index (χ3v) is 5.32. The Bertz CT molecular complexity index is 1260. The van der Waals surface area contributed by atoms with E-state index in [0.29, 0.717) is 10.8 Å². The van der Waals surface area contributed by atoms with Crippen molar-refractivity contribution >= 4 is 23.2 Å². The molecule has 0 spiro atoms. The summed E-state index contributed by atoms with van der Waals surface area (Å²) < 4.78 is 46.6. The first-order valence-electron chi connectivity index (χ1n) is 9.35. The lowest BCUT2D eigenvalue weighted by Gasteiger charge is -2.12. The summed E-state index contributed by atoms with van der Waals surface area (Å²) in [6.07, 6.45) is -4.70. The largest absolute Gasteiger partial charge is 0.507 e. The Kier molecular flexibility index (Phi) is 6.04. The first-order valence-corrected chi connectivity index (χ1v) is 10.1. The van der Waals surface area contributed by atoms with Gasteiger partial charge in [-0.3, -0.25) is 5.10 Å². The molecule has 9 heteroatoms. The molecule has 0 saturated heterocycles. The average Bonchev–Trinajstić information content (AvgIpc) is 3.19. The lowest BCUT2D eigenvalue weighted by atomic mass is 9.98. The van der Waals surface area contributed by atoms with Crippen LogP contribution in [0.15, 0.2) is 66.7 Å². The summed E-state index contributed by atoms with van der Waals surface area (Å²) in [6.45, 7) is 0.224. The highest BCUT2D eigenvalue weighted by Crippen LogP contribution is 2.45. The highest BCUT2D eigenvalue weighted by Gasteiger charge is 2.38. The van der Waals surface area contributed by atoms with Crippen LogP contribution in [0.4, 0.5) is 13.2 Å². The summed E-state index contributed by atoms with van der Waals surface area (Å²) in [5.74, 6) is 0.0548. The maximum Gasteiger partial charge on any atom is 0.433 e. The lowest BCUT2D eigenvalue weighted by Crippen LogP contribution is -2.07. The van der Waals surface area contributed by atoms with Gasteiger partial charge in [0.25, 0.3) is 0 Å². The van der Waals surface area contributed by atoms with E-state index in [-0.39, 0.29) is 39.8 Å². The molecular weight excluding hydrogens is 464 g/mol. The molecule has 0 radical (unpaired) electrons. The second kappa shape index (κ2) is 8.76. The van der Waals surface area contributed by atoms with Gasteiger partial charge in [-0.2, -0.15) is 18.3 Å². The van der Waals surface area contributed by atoms with Crippen LogP contribution >= 0.6 is 23.2 Å². The Morgan fingerprint density at radius 2 is 1.66 bits per heavy atom. The van der Waals surface area contributed by atoms with Gasteiger partial charge < -0.3 is 9.84 Å². The van der Waals surface area contributed by atoms with Gasteiger partial charge in [0.15, 0.2) is 0 Å². The summed E-state index contributed by atoms with van der Waals surface area (Å²) >= 11 is 12.0.